The van der Waals surface area contributed by atoms with E-state index in [4.69, 9.17) is 10.7 Å². The van der Waals surface area contributed by atoms with Crippen molar-refractivity contribution in [3.63, 3.8) is 0 Å². The summed E-state index contributed by atoms with van der Waals surface area (Å²) >= 11 is 0. The summed E-state index contributed by atoms with van der Waals surface area (Å²) in [5, 5.41) is 2.77. The molecule has 170 valence electrons. The van der Waals surface area contributed by atoms with Crippen molar-refractivity contribution in [1.29, 1.82) is 0 Å². The molecule has 10 heteroatoms. The summed E-state index contributed by atoms with van der Waals surface area (Å²) in [6.45, 7) is 4.74. The molecule has 4 heterocycles. The van der Waals surface area contributed by atoms with Crippen molar-refractivity contribution < 1.29 is 9.59 Å². The third-order valence-electron chi connectivity index (χ3n) is 5.85. The molecule has 1 aliphatic heterocycles. The number of hydrogen-bond acceptors (Lipinski definition) is 7. The highest BCUT2D eigenvalue weighted by Crippen LogP contribution is 2.33. The van der Waals surface area contributed by atoms with Gasteiger partial charge in [0.2, 0.25) is 11.9 Å². The van der Waals surface area contributed by atoms with Crippen molar-refractivity contribution in [3.8, 4) is 11.4 Å². The van der Waals surface area contributed by atoms with E-state index in [1.807, 2.05) is 0 Å². The molecule has 1 unspecified atom stereocenters. The van der Waals surface area contributed by atoms with E-state index < -0.39 is 0 Å². The van der Waals surface area contributed by atoms with E-state index in [-0.39, 0.29) is 23.7 Å². The van der Waals surface area contributed by atoms with Crippen LogP contribution in [0.2, 0.25) is 0 Å². The fraction of sp³-hybridized carbons (Fsp3) is 0.167. The average molecular weight is 454 g/mol. The number of carbonyl (C=O) groups is 2. The Labute approximate surface area is 195 Å². The summed E-state index contributed by atoms with van der Waals surface area (Å²) in [7, 11) is 0. The van der Waals surface area contributed by atoms with Crippen LogP contribution in [0, 0.1) is 0 Å². The summed E-state index contributed by atoms with van der Waals surface area (Å²) in [6.07, 6.45) is 5.11. The molecule has 1 aliphatic rings. The monoisotopic (exact) mass is 454 g/mol. The van der Waals surface area contributed by atoms with Gasteiger partial charge in [-0.2, -0.15) is 0 Å². The fourth-order valence-corrected chi connectivity index (χ4v) is 4.15. The van der Waals surface area contributed by atoms with E-state index >= 15 is 0 Å². The van der Waals surface area contributed by atoms with Gasteiger partial charge in [0.15, 0.2) is 5.65 Å². The number of anilines is 2. The Morgan fingerprint density at radius 3 is 2.68 bits per heavy atom. The molecule has 3 aromatic heterocycles. The first-order chi connectivity index (χ1) is 16.5. The number of nitrogens with two attached hydrogens (primary N) is 1. The normalized spacial score (nSPS) is 15.4. The summed E-state index contributed by atoms with van der Waals surface area (Å²) in [5.41, 5.74) is 8.80. The maximum absolute atomic E-state index is 12.6. The van der Waals surface area contributed by atoms with Crippen LogP contribution in [0.3, 0.4) is 0 Å². The standard InChI is InChI=1S/C24H22N8O2/c1-2-19(33)31-12-10-17(13-31)20-22-27-14-28-24(25)32(22)21(30-20)15-6-8-16(9-7-15)23(34)29-18-5-3-4-11-26-18/h2-9,11,14,17H,1,10,12-13H2,(H2,25,27,28)(H,26,29,34). The van der Waals surface area contributed by atoms with Gasteiger partial charge in [0.25, 0.3) is 5.91 Å². The number of imidazole rings is 1. The summed E-state index contributed by atoms with van der Waals surface area (Å²) in [5.74, 6) is 0.969. The molecule has 5 rings (SSSR count). The van der Waals surface area contributed by atoms with Crippen molar-refractivity contribution in [2.75, 3.05) is 24.1 Å². The molecule has 1 saturated heterocycles. The molecule has 0 saturated carbocycles. The minimum Gasteiger partial charge on any atom is -0.369 e. The number of nitrogens with one attached hydrogen (secondary N) is 1. The van der Waals surface area contributed by atoms with Crippen LogP contribution in [-0.4, -0.2) is 54.1 Å². The molecule has 4 aromatic rings. The SMILES string of the molecule is C=CC(=O)N1CCC(c2nc(-c3ccc(C(=O)Nc4ccccn4)cc3)n3c(N)ncnc23)C1. The van der Waals surface area contributed by atoms with E-state index in [0.717, 1.165) is 17.7 Å². The number of nitrogens with zero attached hydrogens (tertiary/aromatic N) is 6. The summed E-state index contributed by atoms with van der Waals surface area (Å²) < 4.78 is 1.70. The molecule has 1 fully saturated rings. The molecule has 0 radical (unpaired) electrons. The van der Waals surface area contributed by atoms with Crippen LogP contribution >= 0.6 is 0 Å². The van der Waals surface area contributed by atoms with Gasteiger partial charge in [-0.05, 0) is 36.8 Å². The van der Waals surface area contributed by atoms with E-state index in [1.54, 1.807) is 58.0 Å². The maximum atomic E-state index is 12.6. The zero-order chi connectivity index (χ0) is 23.7. The van der Waals surface area contributed by atoms with Crippen LogP contribution in [0.25, 0.3) is 17.0 Å². The maximum Gasteiger partial charge on any atom is 0.256 e. The van der Waals surface area contributed by atoms with Crippen LogP contribution in [0.5, 0.6) is 0 Å². The van der Waals surface area contributed by atoms with Crippen molar-refractivity contribution in [3.05, 3.63) is 78.9 Å². The Morgan fingerprint density at radius 2 is 1.94 bits per heavy atom. The highest BCUT2D eigenvalue weighted by atomic mass is 16.2. The van der Waals surface area contributed by atoms with Gasteiger partial charge in [-0.15, -0.1) is 0 Å². The van der Waals surface area contributed by atoms with Crippen molar-refractivity contribution in [2.24, 2.45) is 0 Å². The van der Waals surface area contributed by atoms with Crippen LogP contribution in [0.1, 0.15) is 28.4 Å². The topological polar surface area (TPSA) is 131 Å². The number of likely N-dealkylation sites (tertiary alicyclic amines) is 1. The van der Waals surface area contributed by atoms with Crippen LogP contribution < -0.4 is 11.1 Å². The second kappa shape index (κ2) is 8.74. The van der Waals surface area contributed by atoms with Gasteiger partial charge in [0.05, 0.1) is 5.69 Å². The number of carbonyl (C=O) groups excluding carboxylic acids is 2. The quantitative estimate of drug-likeness (QED) is 0.443. The third-order valence-corrected chi connectivity index (χ3v) is 5.85. The van der Waals surface area contributed by atoms with Crippen LogP contribution in [-0.2, 0) is 4.79 Å². The molecule has 0 spiro atoms. The molecule has 1 aromatic carbocycles. The van der Waals surface area contributed by atoms with E-state index in [2.05, 4.69) is 26.8 Å². The molecule has 0 bridgehead atoms. The predicted octanol–water partition coefficient (Wildman–Crippen LogP) is 2.52. The number of amides is 2. The second-order valence-electron chi connectivity index (χ2n) is 7.93. The van der Waals surface area contributed by atoms with Gasteiger partial charge in [0.1, 0.15) is 18.0 Å². The Hall–Kier alpha value is -4.60. The van der Waals surface area contributed by atoms with Gasteiger partial charge in [-0.1, -0.05) is 24.8 Å². The minimum absolute atomic E-state index is 0.0189. The molecule has 10 nitrogen and oxygen atoms in total. The number of benzene rings is 1. The van der Waals surface area contributed by atoms with Crippen LogP contribution in [0.4, 0.5) is 11.8 Å². The third kappa shape index (κ3) is 3.85. The molecule has 0 aliphatic carbocycles. The molecular formula is C24H22N8O2. The lowest BCUT2D eigenvalue weighted by Crippen LogP contribution is -2.26. The van der Waals surface area contributed by atoms with Gasteiger partial charge < -0.3 is 16.0 Å². The first kappa shape index (κ1) is 21.3. The summed E-state index contributed by atoms with van der Waals surface area (Å²) in [4.78, 5) is 43.9. The van der Waals surface area contributed by atoms with Gasteiger partial charge in [-0.3, -0.25) is 9.59 Å². The lowest BCUT2D eigenvalue weighted by atomic mass is 10.1. The first-order valence-electron chi connectivity index (χ1n) is 10.8. The number of nitrogen functional groups attached to an aromatic ring is 1. The molecule has 34 heavy (non-hydrogen) atoms. The Morgan fingerprint density at radius 1 is 1.12 bits per heavy atom. The Bertz CT molecular complexity index is 1380. The molecule has 3 N–H and O–H groups in total. The Kier molecular flexibility index (Phi) is 5.46. The average Bonchev–Trinajstić information content (AvgIpc) is 3.50. The second-order valence-corrected chi connectivity index (χ2v) is 7.93. The lowest BCUT2D eigenvalue weighted by Gasteiger charge is -2.13. The number of fused-ring (bicyclic) bond motifs is 1. The zero-order valence-corrected chi connectivity index (χ0v) is 18.3. The summed E-state index contributed by atoms with van der Waals surface area (Å²) in [6, 6.07) is 12.4. The zero-order valence-electron chi connectivity index (χ0n) is 18.3. The van der Waals surface area contributed by atoms with Gasteiger partial charge >= 0.3 is 0 Å². The fourth-order valence-electron chi connectivity index (χ4n) is 4.15. The number of aromatic nitrogens is 5. The number of hydrogen-bond donors (Lipinski definition) is 2. The van der Waals surface area contributed by atoms with Gasteiger partial charge in [0, 0.05) is 36.3 Å². The highest BCUT2D eigenvalue weighted by Gasteiger charge is 2.31. The molecule has 2 amide bonds. The van der Waals surface area contributed by atoms with E-state index in [0.29, 0.717) is 35.9 Å². The van der Waals surface area contributed by atoms with Crippen molar-refractivity contribution >= 4 is 29.2 Å². The van der Waals surface area contributed by atoms with Crippen molar-refractivity contribution in [2.45, 2.75) is 12.3 Å². The van der Waals surface area contributed by atoms with E-state index in [9.17, 15) is 9.59 Å². The predicted molar refractivity (Wildman–Crippen MR) is 127 cm³/mol. The number of pyridine rings is 1. The highest BCUT2D eigenvalue weighted by molar-refractivity contribution is 6.04. The Balaban J connectivity index is 1.46. The van der Waals surface area contributed by atoms with Gasteiger partial charge in [-0.25, -0.2) is 24.3 Å². The minimum atomic E-state index is -0.264. The van der Waals surface area contributed by atoms with E-state index in [1.165, 1.54) is 12.4 Å². The largest absolute Gasteiger partial charge is 0.369 e. The molecular weight excluding hydrogens is 432 g/mol. The lowest BCUT2D eigenvalue weighted by molar-refractivity contribution is -0.125. The smallest absolute Gasteiger partial charge is 0.256 e. The first-order valence-corrected chi connectivity index (χ1v) is 10.8. The van der Waals surface area contributed by atoms with Crippen LogP contribution in [0.15, 0.2) is 67.6 Å². The van der Waals surface area contributed by atoms with Crippen molar-refractivity contribution in [1.82, 2.24) is 29.2 Å². The number of rotatable bonds is 5. The molecule has 1 atom stereocenters.